The van der Waals surface area contributed by atoms with Crippen LogP contribution in [0.1, 0.15) is 24.3 Å². The van der Waals surface area contributed by atoms with Crippen LogP contribution in [0.15, 0.2) is 36.9 Å². The zero-order chi connectivity index (χ0) is 12.8. The highest BCUT2D eigenvalue weighted by molar-refractivity contribution is 5.98. The quantitative estimate of drug-likeness (QED) is 0.610. The molecule has 0 aliphatic rings. The molecule has 1 atom stereocenters. The minimum Gasteiger partial charge on any atom is -0.481 e. The Morgan fingerprint density at radius 3 is 2.41 bits per heavy atom. The number of aliphatic carboxylic acids is 1. The summed E-state index contributed by atoms with van der Waals surface area (Å²) in [4.78, 5) is 22.2. The lowest BCUT2D eigenvalue weighted by molar-refractivity contribution is -0.140. The third kappa shape index (κ3) is 3.83. The molecule has 0 fully saturated rings. The van der Waals surface area contributed by atoms with E-state index in [1.807, 2.05) is 0 Å². The van der Waals surface area contributed by atoms with Gasteiger partial charge in [-0.25, -0.2) is 4.39 Å². The summed E-state index contributed by atoms with van der Waals surface area (Å²) in [7, 11) is 0. The van der Waals surface area contributed by atoms with E-state index in [0.29, 0.717) is 12.0 Å². The topological polar surface area (TPSA) is 54.4 Å². The molecule has 4 heteroatoms. The molecule has 0 radical (unpaired) electrons. The van der Waals surface area contributed by atoms with E-state index >= 15 is 0 Å². The van der Waals surface area contributed by atoms with Crippen molar-refractivity contribution in [1.29, 1.82) is 0 Å². The van der Waals surface area contributed by atoms with E-state index in [1.165, 1.54) is 24.3 Å². The Kier molecular flexibility index (Phi) is 4.57. The van der Waals surface area contributed by atoms with Crippen molar-refractivity contribution in [2.45, 2.75) is 18.8 Å². The summed E-state index contributed by atoms with van der Waals surface area (Å²) in [6.07, 6.45) is 1.36. The number of carboxylic acids is 1. The summed E-state index contributed by atoms with van der Waals surface area (Å²) >= 11 is 0. The lowest BCUT2D eigenvalue weighted by Crippen LogP contribution is -2.16. The van der Waals surface area contributed by atoms with Crippen molar-refractivity contribution in [3.8, 4) is 0 Å². The fourth-order valence-electron chi connectivity index (χ4n) is 1.59. The molecule has 1 aromatic carbocycles. The third-order valence-electron chi connectivity index (χ3n) is 2.39. The van der Waals surface area contributed by atoms with E-state index in [1.54, 1.807) is 6.08 Å². The third-order valence-corrected chi connectivity index (χ3v) is 2.39. The number of allylic oxidation sites excluding steroid dienone is 1. The van der Waals surface area contributed by atoms with E-state index in [0.717, 1.165) is 0 Å². The second-order valence-corrected chi connectivity index (χ2v) is 3.67. The molecule has 17 heavy (non-hydrogen) atoms. The van der Waals surface area contributed by atoms with Crippen molar-refractivity contribution in [2.24, 2.45) is 0 Å². The van der Waals surface area contributed by atoms with Crippen LogP contribution in [0.25, 0.3) is 0 Å². The molecule has 0 bridgehead atoms. The van der Waals surface area contributed by atoms with Crippen LogP contribution in [0.3, 0.4) is 0 Å². The van der Waals surface area contributed by atoms with Gasteiger partial charge in [-0.1, -0.05) is 18.2 Å². The number of carboxylic acid groups (broad SMARTS) is 1. The molecule has 1 aromatic rings. The molecular weight excluding hydrogens is 223 g/mol. The van der Waals surface area contributed by atoms with Crippen LogP contribution >= 0.6 is 0 Å². The first-order chi connectivity index (χ1) is 8.04. The minimum atomic E-state index is -1.16. The Morgan fingerprint density at radius 2 is 1.94 bits per heavy atom. The van der Waals surface area contributed by atoms with E-state index < -0.39 is 29.9 Å². The second-order valence-electron chi connectivity index (χ2n) is 3.67. The fraction of sp³-hybridized carbons (Fsp3) is 0.231. The van der Waals surface area contributed by atoms with Crippen LogP contribution in [0, 0.1) is 5.82 Å². The molecule has 1 rings (SSSR count). The number of halogens is 1. The van der Waals surface area contributed by atoms with Gasteiger partial charge < -0.3 is 5.11 Å². The highest BCUT2D eigenvalue weighted by atomic mass is 19.1. The monoisotopic (exact) mass is 236 g/mol. The molecule has 1 N–H and O–H groups in total. The Balaban J connectivity index is 2.91. The van der Waals surface area contributed by atoms with Crippen LogP contribution in [0.4, 0.5) is 4.39 Å². The molecule has 1 unspecified atom stereocenters. The summed E-state index contributed by atoms with van der Waals surface area (Å²) in [6.45, 7) is 3.53. The normalized spacial score (nSPS) is 11.8. The smallest absolute Gasteiger partial charge is 0.310 e. The maximum atomic E-state index is 12.7. The average molecular weight is 236 g/mol. The molecule has 3 nitrogen and oxygen atoms in total. The summed E-state index contributed by atoms with van der Waals surface area (Å²) in [5.41, 5.74) is 0.609. The maximum absolute atomic E-state index is 12.7. The Morgan fingerprint density at radius 1 is 1.35 bits per heavy atom. The summed E-state index contributed by atoms with van der Waals surface area (Å²) < 4.78 is 12.7. The van der Waals surface area contributed by atoms with Gasteiger partial charge in [0.05, 0.1) is 0 Å². The molecule has 90 valence electrons. The van der Waals surface area contributed by atoms with E-state index in [-0.39, 0.29) is 0 Å². The molecule has 0 saturated carbocycles. The Bertz CT molecular complexity index is 423. The van der Waals surface area contributed by atoms with Crippen LogP contribution in [-0.4, -0.2) is 16.9 Å². The van der Waals surface area contributed by atoms with Crippen molar-refractivity contribution in [2.75, 3.05) is 0 Å². The highest BCUT2D eigenvalue weighted by Gasteiger charge is 2.21. The van der Waals surface area contributed by atoms with Gasteiger partial charge in [-0.3, -0.25) is 9.59 Å². The van der Waals surface area contributed by atoms with Gasteiger partial charge in [0, 0.05) is 5.92 Å². The molecule has 0 heterocycles. The molecule has 0 aliphatic heterocycles. The van der Waals surface area contributed by atoms with Gasteiger partial charge in [-0.05, 0) is 24.1 Å². The molecular formula is C13H13FO3. The number of hydrogen-bond donors (Lipinski definition) is 1. The van der Waals surface area contributed by atoms with Crippen molar-refractivity contribution in [1.82, 2.24) is 0 Å². The van der Waals surface area contributed by atoms with E-state index in [4.69, 9.17) is 5.11 Å². The van der Waals surface area contributed by atoms with Crippen molar-refractivity contribution in [3.05, 3.63) is 48.3 Å². The standard InChI is InChI=1S/C13H13FO3/c1-2-3-11(12(15)8-13(16)17)9-4-6-10(14)7-5-9/h2,4-7,11H,1,3,8H2,(H,16,17). The number of carbonyl (C=O) groups is 2. The van der Waals surface area contributed by atoms with Crippen molar-refractivity contribution >= 4 is 11.8 Å². The van der Waals surface area contributed by atoms with Gasteiger partial charge in [0.15, 0.2) is 5.78 Å². The number of carbonyl (C=O) groups excluding carboxylic acids is 1. The molecule has 0 spiro atoms. The lowest BCUT2D eigenvalue weighted by Gasteiger charge is -2.13. The van der Waals surface area contributed by atoms with Crippen LogP contribution in [0.2, 0.25) is 0 Å². The number of benzene rings is 1. The van der Waals surface area contributed by atoms with Gasteiger partial charge in [-0.15, -0.1) is 6.58 Å². The van der Waals surface area contributed by atoms with Crippen LogP contribution in [-0.2, 0) is 9.59 Å². The summed E-state index contributed by atoms with van der Waals surface area (Å²) in [5, 5.41) is 8.59. The fourth-order valence-corrected chi connectivity index (χ4v) is 1.59. The number of ketones is 1. The van der Waals surface area contributed by atoms with Crippen molar-refractivity contribution in [3.63, 3.8) is 0 Å². The lowest BCUT2D eigenvalue weighted by atomic mass is 9.90. The van der Waals surface area contributed by atoms with Crippen LogP contribution in [0.5, 0.6) is 0 Å². The number of Topliss-reactive ketones (excluding diaryl/α,β-unsaturated/α-hetero) is 1. The van der Waals surface area contributed by atoms with Gasteiger partial charge in [0.2, 0.25) is 0 Å². The largest absolute Gasteiger partial charge is 0.481 e. The SMILES string of the molecule is C=CCC(C(=O)CC(=O)O)c1ccc(F)cc1. The first-order valence-corrected chi connectivity index (χ1v) is 5.15. The van der Waals surface area contributed by atoms with Gasteiger partial charge in [0.1, 0.15) is 12.2 Å². The van der Waals surface area contributed by atoms with Gasteiger partial charge in [0.25, 0.3) is 0 Å². The minimum absolute atomic E-state index is 0.345. The predicted octanol–water partition coefficient (Wildman–Crippen LogP) is 2.53. The van der Waals surface area contributed by atoms with Crippen molar-refractivity contribution < 1.29 is 19.1 Å². The Hall–Kier alpha value is -1.97. The average Bonchev–Trinajstić information content (AvgIpc) is 2.26. The van der Waals surface area contributed by atoms with E-state index in [2.05, 4.69) is 6.58 Å². The first-order valence-electron chi connectivity index (χ1n) is 5.15. The highest BCUT2D eigenvalue weighted by Crippen LogP contribution is 2.22. The number of rotatable bonds is 6. The summed E-state index contributed by atoms with van der Waals surface area (Å²) in [5.74, 6) is -2.52. The first kappa shape index (κ1) is 13.1. The van der Waals surface area contributed by atoms with Gasteiger partial charge in [-0.2, -0.15) is 0 Å². The zero-order valence-corrected chi connectivity index (χ0v) is 9.23. The molecule has 0 amide bonds. The van der Waals surface area contributed by atoms with E-state index in [9.17, 15) is 14.0 Å². The molecule has 0 aliphatic carbocycles. The van der Waals surface area contributed by atoms with Gasteiger partial charge >= 0.3 is 5.97 Å². The van der Waals surface area contributed by atoms with Crippen LogP contribution < -0.4 is 0 Å². The summed E-state index contributed by atoms with van der Waals surface area (Å²) in [6, 6.07) is 5.48. The number of hydrogen-bond acceptors (Lipinski definition) is 2. The molecule has 0 saturated heterocycles. The zero-order valence-electron chi connectivity index (χ0n) is 9.23. The molecule has 0 aromatic heterocycles. The maximum Gasteiger partial charge on any atom is 0.310 e. The second kappa shape index (κ2) is 5.94. The predicted molar refractivity (Wildman–Crippen MR) is 61.2 cm³/mol. The Labute approximate surface area is 98.6 Å².